The van der Waals surface area contributed by atoms with Gasteiger partial charge >= 0.3 is 12.8 Å². The fraction of sp³-hybridized carbons (Fsp3) is 0.0909. The highest BCUT2D eigenvalue weighted by Crippen LogP contribution is 2.41. The Labute approximate surface area is 557 Å². The van der Waals surface area contributed by atoms with Crippen molar-refractivity contribution in [2.24, 2.45) is 0 Å². The Morgan fingerprint density at radius 2 is 0.640 bits per heavy atom. The summed E-state index contributed by atoms with van der Waals surface area (Å²) in [6, 6.07) is 26.6. The molecule has 0 amide bonds. The molecular weight excluding hydrogens is 1280 g/mol. The Morgan fingerprint density at radius 1 is 0.350 bits per heavy atom. The van der Waals surface area contributed by atoms with Crippen LogP contribution in [0, 0.1) is 103 Å². The van der Waals surface area contributed by atoms with E-state index >= 15 is 0 Å². The van der Waals surface area contributed by atoms with Gasteiger partial charge in [-0.15, -0.1) is 0 Å². The van der Waals surface area contributed by atoms with Crippen molar-refractivity contribution in [3.63, 3.8) is 0 Å². The van der Waals surface area contributed by atoms with Crippen LogP contribution >= 0.6 is 0 Å². The van der Waals surface area contributed by atoms with Gasteiger partial charge < -0.3 is 35.8 Å². The van der Waals surface area contributed by atoms with E-state index in [0.717, 1.165) is 0 Å². The molecule has 1 fully saturated rings. The van der Waals surface area contributed by atoms with Crippen molar-refractivity contribution in [1.82, 2.24) is 59.8 Å². The molecule has 0 aliphatic carbocycles. The third-order valence-electron chi connectivity index (χ3n) is 15.2. The van der Waals surface area contributed by atoms with Crippen LogP contribution in [0.2, 0.25) is 0 Å². The number of H-pyrrole nitrogens is 1. The van der Waals surface area contributed by atoms with Crippen molar-refractivity contribution < 1.29 is 35.8 Å². The minimum Gasteiger partial charge on any atom is -0.445 e. The second-order valence-electron chi connectivity index (χ2n) is 21.7. The molecule has 0 spiro atoms. The number of rotatable bonds is 6. The van der Waals surface area contributed by atoms with Gasteiger partial charge in [0.15, 0.2) is 51.1 Å². The number of hydrogen-bond donors (Lipinski definition) is 1. The Bertz CT molecular complexity index is 5800. The van der Waals surface area contributed by atoms with Crippen molar-refractivity contribution in [1.29, 1.82) is 26.3 Å². The van der Waals surface area contributed by atoms with Crippen LogP contribution < -0.4 is 11.5 Å². The van der Waals surface area contributed by atoms with Gasteiger partial charge in [0.05, 0.1) is 108 Å². The largest absolute Gasteiger partial charge is 0.554 e. The molecule has 1 N–H and O–H groups in total. The first kappa shape index (κ1) is 62.6. The fourth-order valence-corrected chi connectivity index (χ4v) is 9.65. The maximum absolute atomic E-state index is 12.2. The summed E-state index contributed by atoms with van der Waals surface area (Å²) in [6.45, 7) is 58.4. The van der Waals surface area contributed by atoms with E-state index in [1.165, 1.54) is 66.7 Å². The summed E-state index contributed by atoms with van der Waals surface area (Å²) >= 11 is 0. The first-order valence-electron chi connectivity index (χ1n) is 28.2. The average Bonchev–Trinajstić information content (AvgIpc) is 1.69. The van der Waals surface area contributed by atoms with Crippen LogP contribution in [0.5, 0.6) is 0 Å². The molecule has 33 nitrogen and oxygen atoms in total. The summed E-state index contributed by atoms with van der Waals surface area (Å²) in [6.07, 6.45) is 0. The van der Waals surface area contributed by atoms with E-state index in [4.69, 9.17) is 81.8 Å². The van der Waals surface area contributed by atoms with Gasteiger partial charge in [-0.1, -0.05) is 0 Å². The monoisotopic (exact) mass is 1310 g/mol. The molecule has 466 valence electrons. The first-order valence-corrected chi connectivity index (χ1v) is 28.2. The summed E-state index contributed by atoms with van der Waals surface area (Å²) in [5.74, 6) is -0.774. The zero-order chi connectivity index (χ0) is 70.5. The Hall–Kier alpha value is -16.2. The molecule has 9 heterocycles. The number of aromatic amines is 1. The zero-order valence-corrected chi connectivity index (χ0v) is 51.0. The van der Waals surface area contributed by atoms with Crippen LogP contribution in [0.4, 0.5) is 39.8 Å². The molecule has 34 heteroatoms. The minimum absolute atomic E-state index is 0.0774. The molecule has 1 saturated heterocycles. The SMILES string of the molecule is [C-]#[N+]c1cc2nc(-c3nc(-c4nc5cc(C#N)c(C#N)cc5o4)[nH]c(=O)n3)oc2cc1[N+]#[C-].[C-]#[N+]c1cc2nc(B3OC(C)(C)C(C)(C)O3)oc2cc1[N+]#[C-].[C-]#[N+]c1cc2oc(-c3nc(-c4nc5cc(C#N)c(C#N)cc5o4)nc(-c4nc5cc([N+]#[C-])c([N+]#[C-])cc5o4)n3)nc2cc1C#N. The average molecular weight is 1310 g/mol. The highest BCUT2D eigenvalue weighted by atomic mass is 16.7. The van der Waals surface area contributed by atoms with Crippen LogP contribution in [0.25, 0.3) is 159 Å². The summed E-state index contributed by atoms with van der Waals surface area (Å²) in [5.41, 5.74) is 3.21. The molecule has 6 aromatic carbocycles. The van der Waals surface area contributed by atoms with Crippen molar-refractivity contribution >= 4 is 119 Å². The predicted molar refractivity (Wildman–Crippen MR) is 345 cm³/mol. The zero-order valence-electron chi connectivity index (χ0n) is 51.0. The second-order valence-corrected chi connectivity index (χ2v) is 21.7. The highest BCUT2D eigenvalue weighted by molar-refractivity contribution is 6.60. The highest BCUT2D eigenvalue weighted by Gasteiger charge is 2.54. The summed E-state index contributed by atoms with van der Waals surface area (Å²) < 4.78 is 46.3. The number of hydrogen-bond acceptors (Lipinski definition) is 25. The minimum atomic E-state index is -0.779. The van der Waals surface area contributed by atoms with E-state index < -0.39 is 24.0 Å². The van der Waals surface area contributed by atoms with Crippen LogP contribution in [0.3, 0.4) is 0 Å². The van der Waals surface area contributed by atoms with Gasteiger partial charge in [-0.05, 0) is 88.4 Å². The Kier molecular flexibility index (Phi) is 15.3. The number of nitriles is 5. The van der Waals surface area contributed by atoms with E-state index in [-0.39, 0.29) is 171 Å². The molecule has 0 radical (unpaired) electrons. The lowest BCUT2D eigenvalue weighted by atomic mass is 9.90. The molecule has 14 aromatic rings. The first-order chi connectivity index (χ1) is 48.2. The van der Waals surface area contributed by atoms with Crippen LogP contribution in [-0.2, 0) is 9.31 Å². The molecule has 15 rings (SSSR count). The van der Waals surface area contributed by atoms with Crippen molar-refractivity contribution in [2.75, 3.05) is 0 Å². The van der Waals surface area contributed by atoms with Gasteiger partial charge in [0.25, 0.3) is 29.5 Å². The lowest BCUT2D eigenvalue weighted by molar-refractivity contribution is 0.00578. The molecule has 0 saturated carbocycles. The molecule has 0 bridgehead atoms. The smallest absolute Gasteiger partial charge is 0.445 e. The van der Waals surface area contributed by atoms with E-state index in [2.05, 4.69) is 93.7 Å². The lowest BCUT2D eigenvalue weighted by Crippen LogP contribution is -2.41. The van der Waals surface area contributed by atoms with Crippen molar-refractivity contribution in [2.45, 2.75) is 38.9 Å². The Balaban J connectivity index is 0.000000143. The van der Waals surface area contributed by atoms with E-state index in [1.807, 2.05) is 58.0 Å². The van der Waals surface area contributed by atoms with Crippen LogP contribution in [0.15, 0.2) is 104 Å². The van der Waals surface area contributed by atoms with Crippen LogP contribution in [0.1, 0.15) is 55.5 Å². The fourth-order valence-electron chi connectivity index (χ4n) is 9.65. The molecule has 0 unspecified atom stereocenters. The van der Waals surface area contributed by atoms with Gasteiger partial charge in [-0.25, -0.2) is 59.1 Å². The standard InChI is InChI=1S/C30H6N12O3.C21H5N9O3.C15H14BN3O3/c1-34-16-8-23-20(5-15(16)12-33)38-29(44-23)26-40-25(28-37-19-4-13(10-31)14(11-32)6-22(19)43-28)41-27(42-26)30-39-21-7-17(35-2)18(36-3)9-24(21)45-30;1-24-11-5-14-16(6-12(11)25-2)33-20(27-14)18-28-17(29-21(31)30-18)19-26-13-3-9(7-22)10(8-23)4-15(13)32-19;1-14(2)15(3,4)22-16(21-14)13-19-11-7-9(17-5)10(18-6)8-12(11)20-13/h4-9H;3-6H,(H,28,29,30,31);7-8H,1-4H3. The predicted octanol–water partition coefficient (Wildman–Crippen LogP) is 13.4. The van der Waals surface area contributed by atoms with Gasteiger partial charge in [0, 0.05) is 12.1 Å². The number of oxazole rings is 6. The number of fused-ring (bicyclic) bond motifs is 6. The van der Waals surface area contributed by atoms with Crippen LogP contribution in [-0.4, -0.2) is 78.1 Å². The van der Waals surface area contributed by atoms with E-state index in [0.29, 0.717) is 27.9 Å². The molecular formula is C66H25BN24O9. The summed E-state index contributed by atoms with van der Waals surface area (Å²) in [7, 11) is -0.704. The normalized spacial score (nSPS) is 12.4. The topological polar surface area (TPSA) is 421 Å². The number of benzene rings is 6. The third kappa shape index (κ3) is 11.2. The van der Waals surface area contributed by atoms with Crippen molar-refractivity contribution in [3.05, 3.63) is 191 Å². The maximum atomic E-state index is 12.2. The van der Waals surface area contributed by atoms with Gasteiger partial charge in [0.2, 0.25) is 34.8 Å². The quantitative estimate of drug-likeness (QED) is 0.119. The summed E-state index contributed by atoms with van der Waals surface area (Å²) in [4.78, 5) is 85.2. The number of aromatic nitrogens is 12. The maximum Gasteiger partial charge on any atom is 0.554 e. The number of nitrogens with one attached hydrogen (secondary N) is 1. The van der Waals surface area contributed by atoms with Gasteiger partial charge in [-0.3, -0.25) is 19.5 Å². The number of nitrogens with zero attached hydrogens (tertiary/aromatic N) is 23. The molecule has 0 atom stereocenters. The van der Waals surface area contributed by atoms with E-state index in [1.54, 1.807) is 6.07 Å². The molecule has 1 aliphatic heterocycles. The van der Waals surface area contributed by atoms with Crippen molar-refractivity contribution in [3.8, 4) is 88.9 Å². The summed E-state index contributed by atoms with van der Waals surface area (Å²) in [5, 5.41) is 46.6. The molecule has 100 heavy (non-hydrogen) atoms. The second kappa shape index (κ2) is 24.4. The lowest BCUT2D eigenvalue weighted by Gasteiger charge is -2.32. The Morgan fingerprint density at radius 3 is 1.02 bits per heavy atom. The molecule has 8 aromatic heterocycles. The van der Waals surface area contributed by atoms with Gasteiger partial charge in [0.1, 0.15) is 63.2 Å². The van der Waals surface area contributed by atoms with E-state index in [9.17, 15) is 31.1 Å². The third-order valence-corrected chi connectivity index (χ3v) is 15.2. The van der Waals surface area contributed by atoms with Gasteiger partial charge in [-0.2, -0.15) is 46.2 Å². The molecule has 1 aliphatic rings.